The van der Waals surface area contributed by atoms with Gasteiger partial charge in [0, 0.05) is 10.6 Å². The summed E-state index contributed by atoms with van der Waals surface area (Å²) in [6.45, 7) is 1.91. The molecule has 0 aliphatic rings. The monoisotopic (exact) mass is 272 g/mol. The maximum atomic E-state index is 5.90. The van der Waals surface area contributed by atoms with Crippen molar-refractivity contribution in [3.8, 4) is 0 Å². The predicted molar refractivity (Wildman–Crippen MR) is 63.2 cm³/mol. The van der Waals surface area contributed by atoms with Gasteiger partial charge in [0.15, 0.2) is 0 Å². The molecule has 0 heterocycles. The van der Waals surface area contributed by atoms with E-state index in [1.807, 2.05) is 25.1 Å². The molecule has 0 fully saturated rings. The molecule has 5 heteroatoms. The summed E-state index contributed by atoms with van der Waals surface area (Å²) < 4.78 is 0. The lowest BCUT2D eigenvalue weighted by atomic mass is 10.2. The minimum absolute atomic E-state index is 0.0313. The molecule has 0 spiro atoms. The first kappa shape index (κ1) is 11.7. The van der Waals surface area contributed by atoms with Gasteiger partial charge in [-0.2, -0.15) is 0 Å². The van der Waals surface area contributed by atoms with Crippen molar-refractivity contribution in [3.63, 3.8) is 0 Å². The molecular formula is C8H8Cl4Si. The first-order valence-corrected chi connectivity index (χ1v) is 9.22. The van der Waals surface area contributed by atoms with Crippen molar-refractivity contribution in [2.24, 2.45) is 0 Å². The zero-order valence-electron chi connectivity index (χ0n) is 6.90. The second kappa shape index (κ2) is 4.41. The molecule has 0 saturated heterocycles. The fourth-order valence-electron chi connectivity index (χ4n) is 0.965. The highest BCUT2D eigenvalue weighted by Gasteiger charge is 2.34. The SMILES string of the molecule is CC(c1cccc(Cl)c1)[Si](Cl)(Cl)Cl. The Labute approximate surface area is 97.9 Å². The standard InChI is InChI=1S/C8H8Cl4Si/c1-6(13(10,11)12)7-3-2-4-8(9)5-7/h2-6H,1H3. The van der Waals surface area contributed by atoms with Crippen LogP contribution in [0.2, 0.25) is 5.02 Å². The smallest absolute Gasteiger partial charge is 0.125 e. The van der Waals surface area contributed by atoms with Crippen LogP contribution >= 0.6 is 44.8 Å². The molecule has 0 nitrogen and oxygen atoms in total. The van der Waals surface area contributed by atoms with E-state index in [1.54, 1.807) is 6.07 Å². The highest BCUT2D eigenvalue weighted by molar-refractivity contribution is 7.65. The summed E-state index contributed by atoms with van der Waals surface area (Å²) in [7, 11) is 0. The molecule has 0 N–H and O–H groups in total. The number of benzene rings is 1. The molecule has 1 atom stereocenters. The highest BCUT2D eigenvalue weighted by atomic mass is 35.8. The second-order valence-corrected chi connectivity index (χ2v) is 12.3. The molecule has 0 bridgehead atoms. The van der Waals surface area contributed by atoms with Crippen LogP contribution in [0.15, 0.2) is 24.3 Å². The Kier molecular flexibility index (Phi) is 3.96. The van der Waals surface area contributed by atoms with Crippen LogP contribution < -0.4 is 0 Å². The fourth-order valence-corrected chi connectivity index (χ4v) is 2.86. The Morgan fingerprint density at radius 3 is 2.31 bits per heavy atom. The van der Waals surface area contributed by atoms with Crippen molar-refractivity contribution in [2.75, 3.05) is 0 Å². The summed E-state index contributed by atoms with van der Waals surface area (Å²) in [4.78, 5) is 0. The quantitative estimate of drug-likeness (QED) is 0.544. The second-order valence-electron chi connectivity index (χ2n) is 2.82. The van der Waals surface area contributed by atoms with Crippen LogP contribution in [0.5, 0.6) is 0 Å². The summed E-state index contributed by atoms with van der Waals surface area (Å²) in [5.41, 5.74) is 0.954. The summed E-state index contributed by atoms with van der Waals surface area (Å²) in [5.74, 6) is 0. The lowest BCUT2D eigenvalue weighted by Gasteiger charge is -2.17. The Morgan fingerprint density at radius 1 is 1.23 bits per heavy atom. The Balaban J connectivity index is 2.96. The lowest BCUT2D eigenvalue weighted by Crippen LogP contribution is -2.20. The normalized spacial score (nSPS) is 14.2. The van der Waals surface area contributed by atoms with Crippen molar-refractivity contribution < 1.29 is 0 Å². The van der Waals surface area contributed by atoms with E-state index in [4.69, 9.17) is 44.8 Å². The molecule has 0 saturated carbocycles. The van der Waals surface area contributed by atoms with Crippen molar-refractivity contribution in [3.05, 3.63) is 34.9 Å². The van der Waals surface area contributed by atoms with E-state index in [9.17, 15) is 0 Å². The van der Waals surface area contributed by atoms with Crippen LogP contribution in [0.3, 0.4) is 0 Å². The van der Waals surface area contributed by atoms with Gasteiger partial charge >= 0.3 is 6.00 Å². The van der Waals surface area contributed by atoms with E-state index >= 15 is 0 Å². The van der Waals surface area contributed by atoms with E-state index in [-0.39, 0.29) is 5.54 Å². The van der Waals surface area contributed by atoms with Gasteiger partial charge < -0.3 is 0 Å². The average Bonchev–Trinajstić information content (AvgIpc) is 2.01. The number of rotatable bonds is 2. The summed E-state index contributed by atoms with van der Waals surface area (Å²) in [5, 5.41) is 0.674. The lowest BCUT2D eigenvalue weighted by molar-refractivity contribution is 1.07. The van der Waals surface area contributed by atoms with Gasteiger partial charge in [0.05, 0.1) is 0 Å². The third-order valence-corrected chi connectivity index (χ3v) is 6.34. The van der Waals surface area contributed by atoms with E-state index in [0.717, 1.165) is 5.56 Å². The molecule has 0 radical (unpaired) electrons. The van der Waals surface area contributed by atoms with Gasteiger partial charge in [-0.15, -0.1) is 33.2 Å². The molecule has 0 amide bonds. The van der Waals surface area contributed by atoms with Crippen LogP contribution in [-0.4, -0.2) is 6.00 Å². The Hall–Kier alpha value is 0.597. The molecule has 72 valence electrons. The zero-order valence-corrected chi connectivity index (χ0v) is 10.9. The molecule has 0 aliphatic carbocycles. The molecule has 1 aromatic carbocycles. The first-order valence-electron chi connectivity index (χ1n) is 3.73. The average molecular weight is 274 g/mol. The summed E-state index contributed by atoms with van der Waals surface area (Å²) >= 11 is 23.5. The summed E-state index contributed by atoms with van der Waals surface area (Å²) in [6, 6.07) is 4.75. The van der Waals surface area contributed by atoms with Gasteiger partial charge in [-0.05, 0) is 17.7 Å². The van der Waals surface area contributed by atoms with Gasteiger partial charge in [0.1, 0.15) is 0 Å². The maximum Gasteiger partial charge on any atom is 0.348 e. The van der Waals surface area contributed by atoms with Gasteiger partial charge in [-0.25, -0.2) is 0 Å². The van der Waals surface area contributed by atoms with Crippen LogP contribution in [0, 0.1) is 0 Å². The van der Waals surface area contributed by atoms with E-state index in [0.29, 0.717) is 5.02 Å². The van der Waals surface area contributed by atoms with Gasteiger partial charge in [0.2, 0.25) is 0 Å². The molecule has 0 aliphatic heterocycles. The van der Waals surface area contributed by atoms with Gasteiger partial charge in [-0.3, -0.25) is 0 Å². The van der Waals surface area contributed by atoms with Crippen molar-refractivity contribution in [2.45, 2.75) is 12.5 Å². The predicted octanol–water partition coefficient (Wildman–Crippen LogP) is 4.64. The van der Waals surface area contributed by atoms with Crippen molar-refractivity contribution >= 4 is 50.8 Å². The molecule has 1 unspecified atom stereocenters. The van der Waals surface area contributed by atoms with Crippen LogP contribution in [0.25, 0.3) is 0 Å². The number of hydrogen-bond acceptors (Lipinski definition) is 0. The molecular weight excluding hydrogens is 266 g/mol. The van der Waals surface area contributed by atoms with E-state index in [2.05, 4.69) is 0 Å². The van der Waals surface area contributed by atoms with Gasteiger partial charge in [-0.1, -0.05) is 30.7 Å². The van der Waals surface area contributed by atoms with Crippen LogP contribution in [0.1, 0.15) is 18.0 Å². The Morgan fingerprint density at radius 2 is 1.85 bits per heavy atom. The summed E-state index contributed by atoms with van der Waals surface area (Å²) in [6.07, 6.45) is 0. The molecule has 1 rings (SSSR count). The third kappa shape index (κ3) is 3.33. The van der Waals surface area contributed by atoms with Crippen LogP contribution in [-0.2, 0) is 0 Å². The van der Waals surface area contributed by atoms with Gasteiger partial charge in [0.25, 0.3) is 0 Å². The third-order valence-electron chi connectivity index (χ3n) is 1.84. The number of hydrogen-bond donors (Lipinski definition) is 0. The van der Waals surface area contributed by atoms with E-state index < -0.39 is 6.00 Å². The topological polar surface area (TPSA) is 0 Å². The molecule has 13 heavy (non-hydrogen) atoms. The highest BCUT2D eigenvalue weighted by Crippen LogP contribution is 2.36. The first-order chi connectivity index (χ1) is 5.91. The minimum atomic E-state index is -2.67. The zero-order chi connectivity index (χ0) is 10.1. The van der Waals surface area contributed by atoms with E-state index in [1.165, 1.54) is 0 Å². The van der Waals surface area contributed by atoms with Crippen molar-refractivity contribution in [1.29, 1.82) is 0 Å². The molecule has 1 aromatic rings. The maximum absolute atomic E-state index is 5.90. The Bertz CT molecular complexity index is 294. The number of halogens is 4. The minimum Gasteiger partial charge on any atom is -0.125 e. The molecule has 0 aromatic heterocycles. The largest absolute Gasteiger partial charge is 0.348 e. The fraction of sp³-hybridized carbons (Fsp3) is 0.250. The van der Waals surface area contributed by atoms with Crippen molar-refractivity contribution in [1.82, 2.24) is 0 Å². The van der Waals surface area contributed by atoms with Crippen LogP contribution in [0.4, 0.5) is 0 Å².